The summed E-state index contributed by atoms with van der Waals surface area (Å²) in [6.45, 7) is 2.41. The number of guanidine groups is 1. The Hall–Kier alpha value is -0.700. The first kappa shape index (κ1) is 19.3. The maximum Gasteiger partial charge on any atom is 0.213 e. The van der Waals surface area contributed by atoms with Crippen molar-refractivity contribution in [3.05, 3.63) is 23.9 Å². The number of thioether (sulfide) groups is 1. The molecule has 124 valence electrons. The molecule has 5 nitrogen and oxygen atoms in total. The first-order chi connectivity index (χ1) is 10.3. The minimum absolute atomic E-state index is 0. The Kier molecular flexibility index (Phi) is 9.61. The van der Waals surface area contributed by atoms with Crippen LogP contribution in [0.4, 0.5) is 0 Å². The molecular weight excluding hydrogens is 411 g/mol. The first-order valence-corrected chi connectivity index (χ1v) is 8.72. The second kappa shape index (κ2) is 10.9. The van der Waals surface area contributed by atoms with Crippen LogP contribution in [0.15, 0.2) is 23.3 Å². The SMILES string of the molecule is CN=C(NCCSC)NCc1ccnc(OCC2CC2)c1.I. The number of aromatic nitrogens is 1. The van der Waals surface area contributed by atoms with Crippen LogP contribution in [0.25, 0.3) is 0 Å². The van der Waals surface area contributed by atoms with Crippen molar-refractivity contribution < 1.29 is 4.74 Å². The highest BCUT2D eigenvalue weighted by molar-refractivity contribution is 14.0. The van der Waals surface area contributed by atoms with Crippen LogP contribution in [0.1, 0.15) is 18.4 Å². The van der Waals surface area contributed by atoms with Crippen molar-refractivity contribution in [3.8, 4) is 5.88 Å². The molecule has 7 heteroatoms. The third kappa shape index (κ3) is 7.53. The fourth-order valence-electron chi connectivity index (χ4n) is 1.80. The Morgan fingerprint density at radius 2 is 2.27 bits per heavy atom. The van der Waals surface area contributed by atoms with E-state index >= 15 is 0 Å². The van der Waals surface area contributed by atoms with Gasteiger partial charge in [0.15, 0.2) is 5.96 Å². The van der Waals surface area contributed by atoms with Gasteiger partial charge in [-0.3, -0.25) is 4.99 Å². The van der Waals surface area contributed by atoms with Crippen LogP contribution in [-0.2, 0) is 6.54 Å². The maximum atomic E-state index is 5.70. The monoisotopic (exact) mass is 436 g/mol. The molecule has 1 aliphatic carbocycles. The van der Waals surface area contributed by atoms with Crippen molar-refractivity contribution in [1.82, 2.24) is 15.6 Å². The van der Waals surface area contributed by atoms with Crippen LogP contribution < -0.4 is 15.4 Å². The van der Waals surface area contributed by atoms with Crippen molar-refractivity contribution >= 4 is 41.7 Å². The second-order valence-electron chi connectivity index (χ2n) is 5.10. The van der Waals surface area contributed by atoms with E-state index < -0.39 is 0 Å². The van der Waals surface area contributed by atoms with Gasteiger partial charge in [-0.25, -0.2) is 4.98 Å². The Balaban J connectivity index is 0.00000242. The molecule has 0 aliphatic heterocycles. The van der Waals surface area contributed by atoms with Crippen molar-refractivity contribution in [3.63, 3.8) is 0 Å². The molecule has 0 saturated heterocycles. The lowest BCUT2D eigenvalue weighted by Gasteiger charge is -2.12. The molecule has 1 aromatic rings. The van der Waals surface area contributed by atoms with Crippen LogP contribution in [0.3, 0.4) is 0 Å². The van der Waals surface area contributed by atoms with Gasteiger partial charge in [0.2, 0.25) is 5.88 Å². The minimum Gasteiger partial charge on any atom is -0.477 e. The fraction of sp³-hybridized carbons (Fsp3) is 0.600. The van der Waals surface area contributed by atoms with E-state index in [4.69, 9.17) is 4.74 Å². The summed E-state index contributed by atoms with van der Waals surface area (Å²) in [4.78, 5) is 8.45. The van der Waals surface area contributed by atoms with Gasteiger partial charge >= 0.3 is 0 Å². The van der Waals surface area contributed by atoms with E-state index in [0.717, 1.165) is 36.3 Å². The van der Waals surface area contributed by atoms with Gasteiger partial charge in [0, 0.05) is 38.2 Å². The number of hydrogen-bond acceptors (Lipinski definition) is 4. The van der Waals surface area contributed by atoms with Crippen LogP contribution in [0.2, 0.25) is 0 Å². The minimum atomic E-state index is 0. The fourth-order valence-corrected chi connectivity index (χ4v) is 2.11. The Labute approximate surface area is 154 Å². The highest BCUT2D eigenvalue weighted by atomic mass is 127. The molecule has 2 N–H and O–H groups in total. The predicted molar refractivity (Wildman–Crippen MR) is 104 cm³/mol. The average molecular weight is 436 g/mol. The van der Waals surface area contributed by atoms with Gasteiger partial charge in [0.1, 0.15) is 0 Å². The van der Waals surface area contributed by atoms with Gasteiger partial charge in [-0.2, -0.15) is 11.8 Å². The lowest BCUT2D eigenvalue weighted by molar-refractivity contribution is 0.288. The van der Waals surface area contributed by atoms with Gasteiger partial charge in [-0.1, -0.05) is 0 Å². The highest BCUT2D eigenvalue weighted by Gasteiger charge is 2.22. The van der Waals surface area contributed by atoms with Crippen LogP contribution in [-0.4, -0.2) is 43.2 Å². The summed E-state index contributed by atoms with van der Waals surface area (Å²) in [5.41, 5.74) is 1.14. The third-order valence-electron chi connectivity index (χ3n) is 3.25. The summed E-state index contributed by atoms with van der Waals surface area (Å²) in [5.74, 6) is 3.34. The molecule has 1 saturated carbocycles. The van der Waals surface area contributed by atoms with Crippen molar-refractivity contribution in [2.45, 2.75) is 19.4 Å². The number of nitrogens with zero attached hydrogens (tertiary/aromatic N) is 2. The number of halogens is 1. The van der Waals surface area contributed by atoms with Gasteiger partial charge in [0.05, 0.1) is 6.61 Å². The third-order valence-corrected chi connectivity index (χ3v) is 3.86. The zero-order valence-electron chi connectivity index (χ0n) is 13.2. The predicted octanol–water partition coefficient (Wildman–Crippen LogP) is 2.52. The molecule has 2 rings (SSSR count). The molecule has 0 spiro atoms. The number of hydrogen-bond donors (Lipinski definition) is 2. The largest absolute Gasteiger partial charge is 0.477 e. The Morgan fingerprint density at radius 1 is 1.45 bits per heavy atom. The quantitative estimate of drug-likeness (QED) is 0.284. The standard InChI is InChI=1S/C15H24N4OS.HI/c1-16-15(18-7-8-21-2)19-10-13-5-6-17-14(9-13)20-11-12-3-4-12;/h5-6,9,12H,3-4,7-8,10-11H2,1-2H3,(H2,16,18,19);1H. The van der Waals surface area contributed by atoms with Crippen LogP contribution in [0.5, 0.6) is 5.88 Å². The van der Waals surface area contributed by atoms with Gasteiger partial charge in [-0.15, -0.1) is 24.0 Å². The highest BCUT2D eigenvalue weighted by Crippen LogP contribution is 2.29. The van der Waals surface area contributed by atoms with E-state index in [1.54, 1.807) is 13.2 Å². The second-order valence-corrected chi connectivity index (χ2v) is 6.09. The molecular formula is C15H25IN4OS. The summed E-state index contributed by atoms with van der Waals surface area (Å²) in [6, 6.07) is 3.98. The van der Waals surface area contributed by atoms with Gasteiger partial charge < -0.3 is 15.4 Å². The van der Waals surface area contributed by atoms with E-state index in [-0.39, 0.29) is 24.0 Å². The van der Waals surface area contributed by atoms with Crippen LogP contribution >= 0.6 is 35.7 Å². The van der Waals surface area contributed by atoms with Gasteiger partial charge in [-0.05, 0) is 36.6 Å². The molecule has 1 aromatic heterocycles. The lowest BCUT2D eigenvalue weighted by atomic mass is 10.2. The summed E-state index contributed by atoms with van der Waals surface area (Å²) in [7, 11) is 1.78. The summed E-state index contributed by atoms with van der Waals surface area (Å²) < 4.78 is 5.70. The molecule has 0 unspecified atom stereocenters. The summed E-state index contributed by atoms with van der Waals surface area (Å²) in [6.07, 6.45) is 6.47. The molecule has 1 fully saturated rings. The molecule has 1 heterocycles. The molecule has 0 aromatic carbocycles. The molecule has 0 radical (unpaired) electrons. The molecule has 1 aliphatic rings. The smallest absolute Gasteiger partial charge is 0.213 e. The van der Waals surface area contributed by atoms with Crippen molar-refractivity contribution in [2.24, 2.45) is 10.9 Å². The van der Waals surface area contributed by atoms with E-state index in [1.165, 1.54) is 12.8 Å². The van der Waals surface area contributed by atoms with E-state index in [2.05, 4.69) is 26.9 Å². The zero-order valence-corrected chi connectivity index (χ0v) is 16.3. The molecule has 0 amide bonds. The van der Waals surface area contributed by atoms with E-state index in [0.29, 0.717) is 12.4 Å². The molecule has 0 bridgehead atoms. The summed E-state index contributed by atoms with van der Waals surface area (Å²) >= 11 is 1.81. The lowest BCUT2D eigenvalue weighted by Crippen LogP contribution is -2.37. The van der Waals surface area contributed by atoms with E-state index in [9.17, 15) is 0 Å². The topological polar surface area (TPSA) is 58.5 Å². The molecule has 22 heavy (non-hydrogen) atoms. The number of rotatable bonds is 8. The Morgan fingerprint density at radius 3 is 2.95 bits per heavy atom. The number of ether oxygens (including phenoxy) is 1. The average Bonchev–Trinajstić information content (AvgIpc) is 3.33. The Bertz CT molecular complexity index is 469. The van der Waals surface area contributed by atoms with Crippen molar-refractivity contribution in [2.75, 3.05) is 32.2 Å². The number of nitrogens with one attached hydrogen (secondary N) is 2. The van der Waals surface area contributed by atoms with Crippen LogP contribution in [0, 0.1) is 5.92 Å². The number of aliphatic imine (C=N–C) groups is 1. The zero-order chi connectivity index (χ0) is 14.9. The van der Waals surface area contributed by atoms with Crippen molar-refractivity contribution in [1.29, 1.82) is 0 Å². The number of pyridine rings is 1. The summed E-state index contributed by atoms with van der Waals surface area (Å²) in [5, 5.41) is 6.57. The van der Waals surface area contributed by atoms with E-state index in [1.807, 2.05) is 23.9 Å². The normalized spacial score (nSPS) is 14.2. The first-order valence-electron chi connectivity index (χ1n) is 7.33. The molecule has 0 atom stereocenters. The maximum absolute atomic E-state index is 5.70. The van der Waals surface area contributed by atoms with Gasteiger partial charge in [0.25, 0.3) is 0 Å².